The first-order valence-electron chi connectivity index (χ1n) is 6.78. The van der Waals surface area contributed by atoms with Crippen LogP contribution in [0.5, 0.6) is 0 Å². The summed E-state index contributed by atoms with van der Waals surface area (Å²) < 4.78 is 29.8. The fourth-order valence-electron chi connectivity index (χ4n) is 2.28. The smallest absolute Gasteiger partial charge is 0.123 e. The lowest BCUT2D eigenvalue weighted by molar-refractivity contribution is 0.199. The van der Waals surface area contributed by atoms with Crippen molar-refractivity contribution in [2.45, 2.75) is 6.54 Å². The van der Waals surface area contributed by atoms with E-state index in [0.717, 1.165) is 30.9 Å². The van der Waals surface area contributed by atoms with Crippen LogP contribution in [0.15, 0.2) is 18.2 Å². The maximum absolute atomic E-state index is 13.4. The molecular weight excluding hydrogens is 279 g/mol. The Bertz CT molecular complexity index is 460. The Hall–Kier alpha value is -0.980. The number of benzene rings is 1. The van der Waals surface area contributed by atoms with Crippen LogP contribution < -0.4 is 10.2 Å². The molecule has 0 saturated carbocycles. The standard InChI is InChI=1S/C14H21FN2O2S/c1-19-7-4-16-11-12-10-13(15)2-3-14(12)17-5-8-20(18)9-6-17/h2-3,10,16H,4-9,11H2,1H3. The van der Waals surface area contributed by atoms with Gasteiger partial charge in [0.2, 0.25) is 0 Å². The summed E-state index contributed by atoms with van der Waals surface area (Å²) in [6, 6.07) is 4.87. The summed E-state index contributed by atoms with van der Waals surface area (Å²) in [5, 5.41) is 3.24. The van der Waals surface area contributed by atoms with Crippen molar-refractivity contribution in [2.24, 2.45) is 0 Å². The molecule has 4 nitrogen and oxygen atoms in total. The van der Waals surface area contributed by atoms with Gasteiger partial charge in [-0.25, -0.2) is 4.39 Å². The van der Waals surface area contributed by atoms with Gasteiger partial charge in [-0.3, -0.25) is 4.21 Å². The van der Waals surface area contributed by atoms with E-state index in [4.69, 9.17) is 4.74 Å². The molecule has 1 aliphatic rings. The molecule has 0 aliphatic carbocycles. The van der Waals surface area contributed by atoms with E-state index in [2.05, 4.69) is 10.2 Å². The molecule has 20 heavy (non-hydrogen) atoms. The molecule has 112 valence electrons. The fraction of sp³-hybridized carbons (Fsp3) is 0.571. The van der Waals surface area contributed by atoms with Gasteiger partial charge in [0.15, 0.2) is 0 Å². The molecule has 0 spiro atoms. The van der Waals surface area contributed by atoms with Crippen LogP contribution in [0.3, 0.4) is 0 Å². The van der Waals surface area contributed by atoms with Crippen LogP contribution in [0.4, 0.5) is 10.1 Å². The average molecular weight is 300 g/mol. The van der Waals surface area contributed by atoms with E-state index < -0.39 is 10.8 Å². The number of methoxy groups -OCH3 is 1. The summed E-state index contributed by atoms with van der Waals surface area (Å²) in [5.74, 6) is 1.15. The molecule has 0 unspecified atom stereocenters. The molecular formula is C14H21FN2O2S. The molecule has 1 N–H and O–H groups in total. The Morgan fingerprint density at radius 3 is 2.85 bits per heavy atom. The molecule has 6 heteroatoms. The Morgan fingerprint density at radius 2 is 2.15 bits per heavy atom. The van der Waals surface area contributed by atoms with Crippen molar-refractivity contribution < 1.29 is 13.3 Å². The van der Waals surface area contributed by atoms with E-state index in [1.807, 2.05) is 6.07 Å². The highest BCUT2D eigenvalue weighted by atomic mass is 32.2. The molecule has 0 aromatic heterocycles. The molecule has 1 fully saturated rings. The van der Waals surface area contributed by atoms with Crippen molar-refractivity contribution in [1.29, 1.82) is 0 Å². The monoisotopic (exact) mass is 300 g/mol. The SMILES string of the molecule is COCCNCc1cc(F)ccc1N1CCS(=O)CC1. The summed E-state index contributed by atoms with van der Waals surface area (Å²) in [7, 11) is 0.954. The molecule has 0 bridgehead atoms. The maximum Gasteiger partial charge on any atom is 0.123 e. The Balaban J connectivity index is 2.05. The number of rotatable bonds is 6. The highest BCUT2D eigenvalue weighted by Gasteiger charge is 2.18. The number of anilines is 1. The lowest BCUT2D eigenvalue weighted by Gasteiger charge is -2.30. The van der Waals surface area contributed by atoms with Gasteiger partial charge >= 0.3 is 0 Å². The predicted octanol–water partition coefficient (Wildman–Crippen LogP) is 1.13. The summed E-state index contributed by atoms with van der Waals surface area (Å²) in [6.07, 6.45) is 0. The van der Waals surface area contributed by atoms with Crippen LogP contribution in [0.2, 0.25) is 0 Å². The lowest BCUT2D eigenvalue weighted by atomic mass is 10.1. The van der Waals surface area contributed by atoms with Gasteiger partial charge in [0.05, 0.1) is 6.61 Å². The van der Waals surface area contributed by atoms with Crippen LogP contribution >= 0.6 is 0 Å². The Labute approximate surface area is 121 Å². The Morgan fingerprint density at radius 1 is 1.40 bits per heavy atom. The van der Waals surface area contributed by atoms with Crippen LogP contribution in [-0.4, -0.2) is 49.1 Å². The third-order valence-corrected chi connectivity index (χ3v) is 4.63. The number of hydrogen-bond acceptors (Lipinski definition) is 4. The quantitative estimate of drug-likeness (QED) is 0.800. The molecule has 0 radical (unpaired) electrons. The lowest BCUT2D eigenvalue weighted by Crippen LogP contribution is -2.38. The highest BCUT2D eigenvalue weighted by molar-refractivity contribution is 7.85. The molecule has 0 atom stereocenters. The van der Waals surface area contributed by atoms with Crippen LogP contribution in [0, 0.1) is 5.82 Å². The first-order chi connectivity index (χ1) is 9.70. The number of nitrogens with zero attached hydrogens (tertiary/aromatic N) is 1. The molecule has 1 aromatic rings. The van der Waals surface area contributed by atoms with Crippen molar-refractivity contribution in [1.82, 2.24) is 5.32 Å². The minimum atomic E-state index is -0.702. The van der Waals surface area contributed by atoms with E-state index in [-0.39, 0.29) is 5.82 Å². The zero-order valence-corrected chi connectivity index (χ0v) is 12.5. The largest absolute Gasteiger partial charge is 0.383 e. The summed E-state index contributed by atoms with van der Waals surface area (Å²) in [5.41, 5.74) is 1.97. The summed E-state index contributed by atoms with van der Waals surface area (Å²) in [4.78, 5) is 2.19. The van der Waals surface area contributed by atoms with E-state index in [1.54, 1.807) is 13.2 Å². The van der Waals surface area contributed by atoms with Crippen LogP contribution in [-0.2, 0) is 22.1 Å². The van der Waals surface area contributed by atoms with Gasteiger partial charge in [0.25, 0.3) is 0 Å². The number of nitrogens with one attached hydrogen (secondary N) is 1. The van der Waals surface area contributed by atoms with Crippen molar-refractivity contribution in [2.75, 3.05) is 49.8 Å². The minimum absolute atomic E-state index is 0.224. The van der Waals surface area contributed by atoms with Crippen molar-refractivity contribution in [3.63, 3.8) is 0 Å². The summed E-state index contributed by atoms with van der Waals surface area (Å²) in [6.45, 7) is 3.51. The predicted molar refractivity (Wildman–Crippen MR) is 80.1 cm³/mol. The van der Waals surface area contributed by atoms with Gasteiger partial charge in [0.1, 0.15) is 5.82 Å². The van der Waals surface area contributed by atoms with Crippen molar-refractivity contribution >= 4 is 16.5 Å². The van der Waals surface area contributed by atoms with E-state index in [9.17, 15) is 8.60 Å². The summed E-state index contributed by atoms with van der Waals surface area (Å²) >= 11 is 0. The molecule has 1 saturated heterocycles. The third kappa shape index (κ3) is 4.26. The number of ether oxygens (including phenoxy) is 1. The first kappa shape index (κ1) is 15.4. The molecule has 1 heterocycles. The van der Waals surface area contributed by atoms with E-state index >= 15 is 0 Å². The molecule has 2 rings (SSSR count). The minimum Gasteiger partial charge on any atom is -0.383 e. The van der Waals surface area contributed by atoms with Gasteiger partial charge in [-0.2, -0.15) is 0 Å². The third-order valence-electron chi connectivity index (χ3n) is 3.36. The van der Waals surface area contributed by atoms with Gasteiger partial charge in [-0.05, 0) is 23.8 Å². The van der Waals surface area contributed by atoms with Gasteiger partial charge in [0, 0.05) is 61.3 Å². The van der Waals surface area contributed by atoms with Crippen LogP contribution in [0.25, 0.3) is 0 Å². The topological polar surface area (TPSA) is 41.6 Å². The normalized spacial score (nSPS) is 16.6. The van der Waals surface area contributed by atoms with Crippen molar-refractivity contribution in [3.05, 3.63) is 29.6 Å². The van der Waals surface area contributed by atoms with Gasteiger partial charge in [-0.15, -0.1) is 0 Å². The fourth-order valence-corrected chi connectivity index (χ4v) is 3.33. The number of halogens is 1. The zero-order valence-electron chi connectivity index (χ0n) is 11.7. The number of hydrogen-bond donors (Lipinski definition) is 1. The molecule has 1 aliphatic heterocycles. The average Bonchev–Trinajstić information content (AvgIpc) is 2.45. The maximum atomic E-state index is 13.4. The van der Waals surface area contributed by atoms with Crippen molar-refractivity contribution in [3.8, 4) is 0 Å². The molecule has 1 aromatic carbocycles. The zero-order chi connectivity index (χ0) is 14.4. The Kier molecular flexibility index (Phi) is 5.94. The molecule has 0 amide bonds. The first-order valence-corrected chi connectivity index (χ1v) is 8.27. The second kappa shape index (κ2) is 7.71. The second-order valence-corrected chi connectivity index (χ2v) is 6.47. The van der Waals surface area contributed by atoms with Gasteiger partial charge in [-0.1, -0.05) is 0 Å². The van der Waals surface area contributed by atoms with Gasteiger partial charge < -0.3 is 15.0 Å². The van der Waals surface area contributed by atoms with E-state index in [1.165, 1.54) is 6.07 Å². The highest BCUT2D eigenvalue weighted by Crippen LogP contribution is 2.23. The van der Waals surface area contributed by atoms with E-state index in [0.29, 0.717) is 24.7 Å². The van der Waals surface area contributed by atoms with Crippen LogP contribution in [0.1, 0.15) is 5.56 Å². The second-order valence-electron chi connectivity index (χ2n) is 4.78.